The van der Waals surface area contributed by atoms with Crippen LogP contribution in [0.5, 0.6) is 5.75 Å². The Kier molecular flexibility index (Phi) is 6.02. The number of benzene rings is 1. The molecule has 2 unspecified atom stereocenters. The molecule has 0 bridgehead atoms. The molecule has 1 aliphatic carbocycles. The predicted octanol–water partition coefficient (Wildman–Crippen LogP) is 3.30. The van der Waals surface area contributed by atoms with Crippen molar-refractivity contribution in [3.63, 3.8) is 0 Å². The van der Waals surface area contributed by atoms with Crippen molar-refractivity contribution < 1.29 is 9.90 Å². The van der Waals surface area contributed by atoms with E-state index >= 15 is 0 Å². The van der Waals surface area contributed by atoms with E-state index in [1.165, 1.54) is 11.1 Å². The van der Waals surface area contributed by atoms with Crippen LogP contribution in [0.4, 0.5) is 0 Å². The standard InChI is InChI=1S/C25H27BrN4O2/c26-20-15-19-5-4-18-2-1-3-21(31)23(18)25(24(19)28-16-20)30-12-10-29(11-13-30)22(32)14-17-6-8-27-9-7-17/h1-3,6-9,15-16,24-25,28,31H,4-5,10-14H2. The van der Waals surface area contributed by atoms with Gasteiger partial charge in [-0.25, -0.2) is 0 Å². The van der Waals surface area contributed by atoms with E-state index < -0.39 is 0 Å². The third kappa shape index (κ3) is 4.19. The van der Waals surface area contributed by atoms with Crippen molar-refractivity contribution in [2.24, 2.45) is 0 Å². The van der Waals surface area contributed by atoms with Crippen LogP contribution in [0.3, 0.4) is 0 Å². The molecule has 1 saturated heterocycles. The highest BCUT2D eigenvalue weighted by molar-refractivity contribution is 9.11. The fourth-order valence-electron chi connectivity index (χ4n) is 5.14. The minimum absolute atomic E-state index is 0.0225. The summed E-state index contributed by atoms with van der Waals surface area (Å²) in [5.74, 6) is 0.517. The molecule has 0 saturated carbocycles. The Morgan fingerprint density at radius 3 is 2.69 bits per heavy atom. The predicted molar refractivity (Wildman–Crippen MR) is 127 cm³/mol. The summed E-state index contributed by atoms with van der Waals surface area (Å²) in [7, 11) is 0. The van der Waals surface area contributed by atoms with Crippen LogP contribution in [-0.4, -0.2) is 58.0 Å². The number of piperazine rings is 1. The lowest BCUT2D eigenvalue weighted by Crippen LogP contribution is -2.53. The van der Waals surface area contributed by atoms with Crippen LogP contribution in [-0.2, 0) is 17.6 Å². The SMILES string of the molecule is O=C(Cc1ccncc1)N1CCN(C2c3c(O)cccc3CCC3=CC(Br)=CNC32)CC1. The van der Waals surface area contributed by atoms with Crippen molar-refractivity contribution in [3.05, 3.63) is 81.7 Å². The summed E-state index contributed by atoms with van der Waals surface area (Å²) in [6.07, 6.45) is 9.95. The Labute approximate surface area is 196 Å². The number of fused-ring (bicyclic) bond motifs is 2. The van der Waals surface area contributed by atoms with Gasteiger partial charge in [0.2, 0.25) is 5.91 Å². The van der Waals surface area contributed by atoms with Gasteiger partial charge in [-0.15, -0.1) is 0 Å². The number of aromatic hydroxyl groups is 1. The maximum Gasteiger partial charge on any atom is 0.227 e. The maximum atomic E-state index is 12.8. The highest BCUT2D eigenvalue weighted by Gasteiger charge is 2.39. The molecule has 0 radical (unpaired) electrons. The Hall–Kier alpha value is -2.64. The number of phenols is 1. The minimum Gasteiger partial charge on any atom is -0.508 e. The number of aryl methyl sites for hydroxylation is 1. The molecule has 166 valence electrons. The first-order chi connectivity index (χ1) is 15.6. The average Bonchev–Trinajstić information content (AvgIpc) is 2.97. The number of pyridine rings is 1. The molecule has 1 amide bonds. The number of hydrogen-bond donors (Lipinski definition) is 2. The summed E-state index contributed by atoms with van der Waals surface area (Å²) in [5, 5.41) is 14.4. The van der Waals surface area contributed by atoms with E-state index in [1.807, 2.05) is 29.3 Å². The van der Waals surface area contributed by atoms with Crippen molar-refractivity contribution in [1.29, 1.82) is 0 Å². The van der Waals surface area contributed by atoms with E-state index in [-0.39, 0.29) is 18.0 Å². The normalized spacial score (nSPS) is 23.2. The number of carbonyl (C=O) groups is 1. The number of aromatic nitrogens is 1. The Morgan fingerprint density at radius 1 is 1.12 bits per heavy atom. The van der Waals surface area contributed by atoms with Crippen LogP contribution in [0.1, 0.15) is 29.2 Å². The molecule has 32 heavy (non-hydrogen) atoms. The zero-order valence-corrected chi connectivity index (χ0v) is 19.5. The molecule has 6 nitrogen and oxygen atoms in total. The number of phenolic OH excluding ortho intramolecular Hbond substituents is 1. The molecule has 0 spiro atoms. The zero-order chi connectivity index (χ0) is 22.1. The van der Waals surface area contributed by atoms with Crippen molar-refractivity contribution in [2.45, 2.75) is 31.3 Å². The summed E-state index contributed by atoms with van der Waals surface area (Å²) in [6.45, 7) is 2.93. The number of nitrogens with one attached hydrogen (secondary N) is 1. The molecule has 1 aromatic heterocycles. The first-order valence-corrected chi connectivity index (χ1v) is 11.9. The molecule has 7 heteroatoms. The van der Waals surface area contributed by atoms with Crippen molar-refractivity contribution >= 4 is 21.8 Å². The fraction of sp³-hybridized carbons (Fsp3) is 0.360. The number of rotatable bonds is 3. The van der Waals surface area contributed by atoms with Gasteiger partial charge in [0.25, 0.3) is 0 Å². The van der Waals surface area contributed by atoms with E-state index in [9.17, 15) is 9.90 Å². The number of hydrogen-bond acceptors (Lipinski definition) is 5. The second-order valence-corrected chi connectivity index (χ2v) is 9.55. The molecule has 3 aliphatic rings. The number of nitrogens with zero attached hydrogens (tertiary/aromatic N) is 3. The van der Waals surface area contributed by atoms with Crippen LogP contribution in [0.15, 0.2) is 65.1 Å². The third-order valence-electron chi connectivity index (χ3n) is 6.76. The topological polar surface area (TPSA) is 68.7 Å². The van der Waals surface area contributed by atoms with E-state index in [4.69, 9.17) is 0 Å². The summed E-state index contributed by atoms with van der Waals surface area (Å²) in [6, 6.07) is 9.78. The summed E-state index contributed by atoms with van der Waals surface area (Å²) >= 11 is 3.60. The lowest BCUT2D eigenvalue weighted by Gasteiger charge is -2.43. The molecule has 3 heterocycles. The van der Waals surface area contributed by atoms with Gasteiger partial charge in [-0.05, 0) is 69.7 Å². The van der Waals surface area contributed by atoms with Crippen LogP contribution in [0, 0.1) is 0 Å². The van der Waals surface area contributed by atoms with Crippen molar-refractivity contribution in [2.75, 3.05) is 26.2 Å². The molecule has 1 fully saturated rings. The number of amides is 1. The third-order valence-corrected chi connectivity index (χ3v) is 7.21. The van der Waals surface area contributed by atoms with Gasteiger partial charge < -0.3 is 15.3 Å². The van der Waals surface area contributed by atoms with Crippen LogP contribution >= 0.6 is 15.9 Å². The largest absolute Gasteiger partial charge is 0.508 e. The zero-order valence-electron chi connectivity index (χ0n) is 17.9. The van der Waals surface area contributed by atoms with Gasteiger partial charge in [-0.3, -0.25) is 14.7 Å². The lowest BCUT2D eigenvalue weighted by atomic mass is 9.90. The first-order valence-electron chi connectivity index (χ1n) is 11.1. The fourth-order valence-corrected chi connectivity index (χ4v) is 5.57. The summed E-state index contributed by atoms with van der Waals surface area (Å²) < 4.78 is 1.05. The first kappa shape index (κ1) is 21.2. The number of dihydropyridines is 1. The van der Waals surface area contributed by atoms with Gasteiger partial charge >= 0.3 is 0 Å². The van der Waals surface area contributed by atoms with Crippen LogP contribution in [0.25, 0.3) is 0 Å². The van der Waals surface area contributed by atoms with E-state index in [1.54, 1.807) is 18.5 Å². The molecule has 2 aliphatic heterocycles. The lowest BCUT2D eigenvalue weighted by molar-refractivity contribution is -0.132. The van der Waals surface area contributed by atoms with Gasteiger partial charge in [0.05, 0.1) is 18.5 Å². The number of allylic oxidation sites excluding steroid dienone is 2. The van der Waals surface area contributed by atoms with Gasteiger partial charge in [0, 0.05) is 54.8 Å². The van der Waals surface area contributed by atoms with Gasteiger partial charge in [0.15, 0.2) is 0 Å². The minimum atomic E-state index is 0.0225. The highest BCUT2D eigenvalue weighted by Crippen LogP contribution is 2.42. The van der Waals surface area contributed by atoms with Crippen molar-refractivity contribution in [3.8, 4) is 5.75 Å². The summed E-state index contributed by atoms with van der Waals surface area (Å²) in [4.78, 5) is 21.3. The quantitative estimate of drug-likeness (QED) is 0.684. The second kappa shape index (κ2) is 9.08. The molecular weight excluding hydrogens is 468 g/mol. The van der Waals surface area contributed by atoms with E-state index in [0.717, 1.165) is 41.5 Å². The Balaban J connectivity index is 1.36. The Morgan fingerprint density at radius 2 is 1.91 bits per heavy atom. The van der Waals surface area contributed by atoms with E-state index in [2.05, 4.69) is 43.3 Å². The van der Waals surface area contributed by atoms with Crippen LogP contribution in [0.2, 0.25) is 0 Å². The molecule has 2 atom stereocenters. The molecule has 1 aromatic carbocycles. The van der Waals surface area contributed by atoms with Gasteiger partial charge in [-0.2, -0.15) is 0 Å². The molecular formula is C25H27BrN4O2. The van der Waals surface area contributed by atoms with Crippen molar-refractivity contribution in [1.82, 2.24) is 20.1 Å². The Bertz CT molecular complexity index is 1060. The monoisotopic (exact) mass is 494 g/mol. The molecule has 2 aromatic rings. The average molecular weight is 495 g/mol. The number of carbonyl (C=O) groups excluding carboxylic acids is 1. The summed E-state index contributed by atoms with van der Waals surface area (Å²) in [5.41, 5.74) is 4.57. The maximum absolute atomic E-state index is 12.8. The van der Waals surface area contributed by atoms with E-state index in [0.29, 0.717) is 25.3 Å². The van der Waals surface area contributed by atoms with Gasteiger partial charge in [-0.1, -0.05) is 12.1 Å². The molecule has 5 rings (SSSR count). The molecule has 2 N–H and O–H groups in total. The van der Waals surface area contributed by atoms with Crippen LogP contribution < -0.4 is 5.32 Å². The second-order valence-electron chi connectivity index (χ2n) is 8.64. The smallest absolute Gasteiger partial charge is 0.227 e. The highest BCUT2D eigenvalue weighted by atomic mass is 79.9. The van der Waals surface area contributed by atoms with Gasteiger partial charge in [0.1, 0.15) is 5.75 Å². The number of halogens is 1.